The summed E-state index contributed by atoms with van der Waals surface area (Å²) in [6.45, 7) is 7.06. The van der Waals surface area contributed by atoms with Gasteiger partial charge in [-0.25, -0.2) is 0 Å². The summed E-state index contributed by atoms with van der Waals surface area (Å²) in [6.07, 6.45) is 3.55. The van der Waals surface area contributed by atoms with Crippen molar-refractivity contribution in [1.29, 1.82) is 0 Å². The van der Waals surface area contributed by atoms with Crippen LogP contribution in [0, 0.1) is 0 Å². The molecule has 4 rings (SSSR count). The number of hydrogen-bond acceptors (Lipinski definition) is 2. The Morgan fingerprint density at radius 3 is 2.71 bits per heavy atom. The number of hydrogen-bond donors (Lipinski definition) is 1. The molecule has 1 N–H and O–H groups in total. The van der Waals surface area contributed by atoms with Crippen molar-refractivity contribution in [3.8, 4) is 5.75 Å². The summed E-state index contributed by atoms with van der Waals surface area (Å²) < 4.78 is 0. The van der Waals surface area contributed by atoms with Crippen molar-refractivity contribution in [1.82, 2.24) is 4.90 Å². The minimum atomic E-state index is 0.136. The van der Waals surface area contributed by atoms with Gasteiger partial charge in [0.1, 0.15) is 5.75 Å². The molecular formula is C22H27NO. The molecule has 1 aliphatic heterocycles. The van der Waals surface area contributed by atoms with Gasteiger partial charge in [0.05, 0.1) is 0 Å². The normalized spacial score (nSPS) is 25.2. The zero-order chi connectivity index (χ0) is 16.7. The van der Waals surface area contributed by atoms with Gasteiger partial charge in [0.15, 0.2) is 0 Å². The van der Waals surface area contributed by atoms with Crippen molar-refractivity contribution in [3.05, 3.63) is 65.2 Å². The molecule has 2 bridgehead atoms. The molecular weight excluding hydrogens is 294 g/mol. The molecule has 2 aliphatic rings. The Kier molecular flexibility index (Phi) is 3.88. The maximum atomic E-state index is 9.91. The molecule has 2 atom stereocenters. The Balaban J connectivity index is 1.58. The number of benzene rings is 2. The highest BCUT2D eigenvalue weighted by Crippen LogP contribution is 2.49. The van der Waals surface area contributed by atoms with Crippen LogP contribution in [0.25, 0.3) is 0 Å². The summed E-state index contributed by atoms with van der Waals surface area (Å²) in [6, 6.07) is 17.4. The molecule has 126 valence electrons. The third kappa shape index (κ3) is 2.63. The number of phenolic OH excluding ortho intramolecular Hbond substituents is 1. The van der Waals surface area contributed by atoms with Crippen LogP contribution in [0.4, 0.5) is 0 Å². The van der Waals surface area contributed by atoms with Gasteiger partial charge < -0.3 is 5.11 Å². The lowest BCUT2D eigenvalue weighted by atomic mass is 9.62. The first kappa shape index (κ1) is 15.7. The van der Waals surface area contributed by atoms with E-state index in [0.717, 1.165) is 13.0 Å². The molecule has 0 radical (unpaired) electrons. The summed E-state index contributed by atoms with van der Waals surface area (Å²) >= 11 is 0. The Bertz CT molecular complexity index is 722. The highest BCUT2D eigenvalue weighted by molar-refractivity contribution is 5.45. The fraction of sp³-hybridized carbons (Fsp3) is 0.455. The SMILES string of the molecule is CC1(C)c2ccc(O)cc2C2CCN(CCc3ccccc3)C1C2. The molecule has 1 fully saturated rings. The average molecular weight is 321 g/mol. The van der Waals surface area contributed by atoms with Crippen LogP contribution in [0.3, 0.4) is 0 Å². The second kappa shape index (κ2) is 5.93. The smallest absolute Gasteiger partial charge is 0.115 e. The van der Waals surface area contributed by atoms with Crippen LogP contribution < -0.4 is 0 Å². The van der Waals surface area contributed by atoms with Crippen LogP contribution in [-0.2, 0) is 11.8 Å². The number of rotatable bonds is 3. The van der Waals surface area contributed by atoms with E-state index in [1.54, 1.807) is 0 Å². The van der Waals surface area contributed by atoms with E-state index in [0.29, 0.717) is 17.7 Å². The topological polar surface area (TPSA) is 23.5 Å². The molecule has 2 heteroatoms. The van der Waals surface area contributed by atoms with Gasteiger partial charge in [-0.3, -0.25) is 4.90 Å². The molecule has 0 amide bonds. The Hall–Kier alpha value is -1.80. The lowest BCUT2D eigenvalue weighted by molar-refractivity contribution is 0.0702. The van der Waals surface area contributed by atoms with Crippen LogP contribution in [0.15, 0.2) is 48.5 Å². The van der Waals surface area contributed by atoms with Gasteiger partial charge in [0.2, 0.25) is 0 Å². The molecule has 24 heavy (non-hydrogen) atoms. The Morgan fingerprint density at radius 1 is 1.12 bits per heavy atom. The monoisotopic (exact) mass is 321 g/mol. The van der Waals surface area contributed by atoms with Crippen molar-refractivity contribution >= 4 is 0 Å². The molecule has 0 aromatic heterocycles. The predicted octanol–water partition coefficient (Wildman–Crippen LogP) is 4.47. The molecule has 0 spiro atoms. The minimum Gasteiger partial charge on any atom is -0.508 e. The van der Waals surface area contributed by atoms with E-state index in [1.165, 1.54) is 36.1 Å². The molecule has 0 saturated carbocycles. The third-order valence-corrected chi connectivity index (χ3v) is 6.25. The number of aromatic hydroxyl groups is 1. The van der Waals surface area contributed by atoms with Crippen LogP contribution in [0.1, 0.15) is 49.3 Å². The van der Waals surface area contributed by atoms with Crippen molar-refractivity contribution < 1.29 is 5.11 Å². The van der Waals surface area contributed by atoms with Crippen LogP contribution in [0.5, 0.6) is 5.75 Å². The van der Waals surface area contributed by atoms with E-state index >= 15 is 0 Å². The summed E-state index contributed by atoms with van der Waals surface area (Å²) in [5, 5.41) is 9.91. The first-order chi connectivity index (χ1) is 11.6. The van der Waals surface area contributed by atoms with Gasteiger partial charge in [-0.15, -0.1) is 0 Å². The van der Waals surface area contributed by atoms with Crippen LogP contribution in [0.2, 0.25) is 0 Å². The second-order valence-electron chi connectivity index (χ2n) is 8.00. The maximum Gasteiger partial charge on any atom is 0.115 e. The van der Waals surface area contributed by atoms with E-state index in [4.69, 9.17) is 0 Å². The average Bonchev–Trinajstić information content (AvgIpc) is 2.59. The van der Waals surface area contributed by atoms with Crippen molar-refractivity contribution in [3.63, 3.8) is 0 Å². The molecule has 1 heterocycles. The highest BCUT2D eigenvalue weighted by atomic mass is 16.3. The van der Waals surface area contributed by atoms with Crippen molar-refractivity contribution in [2.75, 3.05) is 13.1 Å². The molecule has 2 nitrogen and oxygen atoms in total. The zero-order valence-electron chi connectivity index (χ0n) is 14.7. The van der Waals surface area contributed by atoms with E-state index in [9.17, 15) is 5.11 Å². The van der Waals surface area contributed by atoms with Crippen LogP contribution >= 0.6 is 0 Å². The van der Waals surface area contributed by atoms with E-state index in [-0.39, 0.29) is 5.41 Å². The standard InChI is InChI=1S/C22H27NO/c1-22(2)20-9-8-18(24)15-19(20)17-11-13-23(21(22)14-17)12-10-16-6-4-3-5-7-16/h3-9,15,17,21,24H,10-14H2,1-2H3. The molecule has 2 aromatic rings. The van der Waals surface area contributed by atoms with Gasteiger partial charge in [-0.2, -0.15) is 0 Å². The highest BCUT2D eigenvalue weighted by Gasteiger charge is 2.45. The van der Waals surface area contributed by atoms with Gasteiger partial charge in [0.25, 0.3) is 0 Å². The summed E-state index contributed by atoms with van der Waals surface area (Å²) in [5.74, 6) is 1.02. The Labute approximate surface area is 145 Å². The largest absolute Gasteiger partial charge is 0.508 e. The van der Waals surface area contributed by atoms with Gasteiger partial charge in [-0.05, 0) is 60.5 Å². The fourth-order valence-electron chi connectivity index (χ4n) is 4.89. The van der Waals surface area contributed by atoms with Crippen molar-refractivity contribution in [2.24, 2.45) is 0 Å². The molecule has 2 unspecified atom stereocenters. The predicted molar refractivity (Wildman–Crippen MR) is 98.6 cm³/mol. The summed E-state index contributed by atoms with van der Waals surface area (Å²) in [5.41, 5.74) is 4.39. The second-order valence-corrected chi connectivity index (χ2v) is 8.00. The minimum absolute atomic E-state index is 0.136. The quantitative estimate of drug-likeness (QED) is 0.901. The maximum absolute atomic E-state index is 9.91. The van der Waals surface area contributed by atoms with E-state index < -0.39 is 0 Å². The van der Waals surface area contributed by atoms with Gasteiger partial charge in [-0.1, -0.05) is 50.2 Å². The first-order valence-corrected chi connectivity index (χ1v) is 9.17. The molecule has 1 saturated heterocycles. The number of nitrogens with zero attached hydrogens (tertiary/aromatic N) is 1. The number of fused-ring (bicyclic) bond motifs is 4. The lowest BCUT2D eigenvalue weighted by Gasteiger charge is -2.52. The first-order valence-electron chi connectivity index (χ1n) is 9.17. The summed E-state index contributed by atoms with van der Waals surface area (Å²) in [4.78, 5) is 2.71. The molecule has 2 aromatic carbocycles. The number of phenols is 1. The van der Waals surface area contributed by atoms with Crippen LogP contribution in [-0.4, -0.2) is 29.1 Å². The lowest BCUT2D eigenvalue weighted by Crippen LogP contribution is -2.55. The van der Waals surface area contributed by atoms with E-state index in [2.05, 4.69) is 55.1 Å². The van der Waals surface area contributed by atoms with Gasteiger partial charge in [0, 0.05) is 18.0 Å². The number of piperidine rings is 1. The number of likely N-dealkylation sites (tertiary alicyclic amines) is 1. The van der Waals surface area contributed by atoms with Crippen molar-refractivity contribution in [2.45, 2.75) is 50.5 Å². The third-order valence-electron chi connectivity index (χ3n) is 6.25. The molecule has 1 aliphatic carbocycles. The fourth-order valence-corrected chi connectivity index (χ4v) is 4.89. The summed E-state index contributed by atoms with van der Waals surface area (Å²) in [7, 11) is 0. The van der Waals surface area contributed by atoms with Gasteiger partial charge >= 0.3 is 0 Å². The Morgan fingerprint density at radius 2 is 1.92 bits per heavy atom. The zero-order valence-corrected chi connectivity index (χ0v) is 14.7. The van der Waals surface area contributed by atoms with E-state index in [1.807, 2.05) is 12.1 Å².